The van der Waals surface area contributed by atoms with Gasteiger partial charge in [-0.05, 0) is 71.9 Å². The lowest BCUT2D eigenvalue weighted by atomic mass is 10.0. The molecule has 0 fully saturated rings. The highest BCUT2D eigenvalue weighted by Crippen LogP contribution is 2.08. The molecule has 14 N–H and O–H groups in total. The first-order chi connectivity index (χ1) is 24.1. The highest BCUT2D eigenvalue weighted by atomic mass is 16.2. The van der Waals surface area contributed by atoms with Gasteiger partial charge >= 0.3 is 0 Å². The molecule has 0 unspecified atom stereocenters. The molecule has 1 rings (SSSR count). The van der Waals surface area contributed by atoms with Gasteiger partial charge in [0.15, 0.2) is 5.96 Å². The normalized spacial score (nSPS) is 14.9. The van der Waals surface area contributed by atoms with Crippen LogP contribution in [0.2, 0.25) is 0 Å². The second-order valence-corrected chi connectivity index (χ2v) is 12.3. The van der Waals surface area contributed by atoms with Crippen molar-refractivity contribution in [3.05, 3.63) is 35.9 Å². The van der Waals surface area contributed by atoms with Gasteiger partial charge in [0.25, 0.3) is 0 Å². The maximum atomic E-state index is 13.7. The third-order valence-corrected chi connectivity index (χ3v) is 7.57. The topological polar surface area (TPSA) is 308 Å². The highest BCUT2D eigenvalue weighted by molar-refractivity contribution is 5.96. The predicted molar refractivity (Wildman–Crippen MR) is 191 cm³/mol. The molecular formula is C33H55N11O7. The predicted octanol–water partition coefficient (Wildman–Crippen LogP) is -3.07. The van der Waals surface area contributed by atoms with Gasteiger partial charge in [-0.25, -0.2) is 0 Å². The zero-order valence-corrected chi connectivity index (χ0v) is 29.8. The molecule has 0 aliphatic rings. The molecule has 51 heavy (non-hydrogen) atoms. The Morgan fingerprint density at radius 3 is 1.69 bits per heavy atom. The molecule has 18 heteroatoms. The summed E-state index contributed by atoms with van der Waals surface area (Å²) in [5.41, 5.74) is 22.8. The van der Waals surface area contributed by atoms with Crippen molar-refractivity contribution in [1.82, 2.24) is 31.9 Å². The lowest BCUT2D eigenvalue weighted by molar-refractivity contribution is -0.135. The molecule has 0 heterocycles. The van der Waals surface area contributed by atoms with E-state index in [0.717, 1.165) is 5.56 Å². The first-order valence-corrected chi connectivity index (χ1v) is 16.9. The number of aliphatic imine (C=N–C) groups is 1. The van der Waals surface area contributed by atoms with Gasteiger partial charge < -0.3 is 59.6 Å². The van der Waals surface area contributed by atoms with E-state index < -0.39 is 77.7 Å². The zero-order chi connectivity index (χ0) is 38.5. The number of hydrogen-bond acceptors (Lipinski definition) is 10. The van der Waals surface area contributed by atoms with Crippen molar-refractivity contribution in [2.75, 3.05) is 13.1 Å². The van der Waals surface area contributed by atoms with Gasteiger partial charge in [-0.2, -0.15) is 0 Å². The molecule has 1 aromatic carbocycles. The number of hydrogen-bond donors (Lipinski definition) is 10. The van der Waals surface area contributed by atoms with E-state index in [0.29, 0.717) is 25.7 Å². The first kappa shape index (κ1) is 43.9. The molecular weight excluding hydrogens is 662 g/mol. The highest BCUT2D eigenvalue weighted by Gasteiger charge is 2.31. The number of benzene rings is 1. The molecule has 0 bridgehead atoms. The summed E-state index contributed by atoms with van der Waals surface area (Å²) < 4.78 is 0. The Bertz CT molecular complexity index is 1340. The lowest BCUT2D eigenvalue weighted by Crippen LogP contribution is -2.59. The number of guanidine groups is 1. The number of nitrogens with two attached hydrogens (primary N) is 4. The van der Waals surface area contributed by atoms with Crippen LogP contribution >= 0.6 is 0 Å². The van der Waals surface area contributed by atoms with Gasteiger partial charge in [0.1, 0.15) is 36.5 Å². The van der Waals surface area contributed by atoms with Gasteiger partial charge in [0, 0.05) is 13.0 Å². The number of aldehydes is 1. The van der Waals surface area contributed by atoms with Crippen LogP contribution in [-0.4, -0.2) is 103 Å². The minimum atomic E-state index is -1.19. The molecule has 6 amide bonds. The third kappa shape index (κ3) is 17.4. The molecule has 0 saturated carbocycles. The van der Waals surface area contributed by atoms with Crippen LogP contribution in [0, 0.1) is 0 Å². The number of amides is 6. The van der Waals surface area contributed by atoms with E-state index in [1.807, 2.05) is 0 Å². The van der Waals surface area contributed by atoms with Crippen LogP contribution in [0.5, 0.6) is 0 Å². The average Bonchev–Trinajstić information content (AvgIpc) is 3.08. The quantitative estimate of drug-likeness (QED) is 0.0234. The van der Waals surface area contributed by atoms with Crippen LogP contribution in [0.15, 0.2) is 35.3 Å². The molecule has 18 nitrogen and oxygen atoms in total. The fraction of sp³-hybridized carbons (Fsp3) is 0.576. The van der Waals surface area contributed by atoms with E-state index in [-0.39, 0.29) is 38.2 Å². The van der Waals surface area contributed by atoms with Crippen molar-refractivity contribution in [1.29, 1.82) is 0 Å². The second-order valence-electron chi connectivity index (χ2n) is 12.3. The summed E-state index contributed by atoms with van der Waals surface area (Å²) >= 11 is 0. The Labute approximate surface area is 298 Å². The molecule has 7 atom stereocenters. The molecule has 0 saturated heterocycles. The van der Waals surface area contributed by atoms with E-state index >= 15 is 0 Å². The molecule has 0 spiro atoms. The number of carbonyl (C=O) groups is 7. The largest absolute Gasteiger partial charge is 0.370 e. The monoisotopic (exact) mass is 717 g/mol. The van der Waals surface area contributed by atoms with Crippen LogP contribution in [-0.2, 0) is 40.0 Å². The maximum absolute atomic E-state index is 13.7. The van der Waals surface area contributed by atoms with E-state index in [2.05, 4.69) is 36.9 Å². The van der Waals surface area contributed by atoms with Crippen LogP contribution in [0.3, 0.4) is 0 Å². The van der Waals surface area contributed by atoms with Gasteiger partial charge in [-0.1, -0.05) is 30.3 Å². The maximum Gasteiger partial charge on any atom is 0.243 e. The number of rotatable bonds is 23. The van der Waals surface area contributed by atoms with E-state index in [4.69, 9.17) is 22.9 Å². The van der Waals surface area contributed by atoms with Crippen LogP contribution < -0.4 is 54.8 Å². The fourth-order valence-electron chi connectivity index (χ4n) is 4.61. The Morgan fingerprint density at radius 2 is 1.16 bits per heavy atom. The van der Waals surface area contributed by atoms with Gasteiger partial charge in [0.2, 0.25) is 35.4 Å². The Morgan fingerprint density at radius 1 is 0.667 bits per heavy atom. The fourth-order valence-corrected chi connectivity index (χ4v) is 4.61. The summed E-state index contributed by atoms with van der Waals surface area (Å²) in [6, 6.07) is 1.74. The van der Waals surface area contributed by atoms with Crippen LogP contribution in [0.25, 0.3) is 0 Å². The smallest absolute Gasteiger partial charge is 0.243 e. The lowest BCUT2D eigenvalue weighted by Gasteiger charge is -2.26. The molecule has 0 aromatic heterocycles. The van der Waals surface area contributed by atoms with Gasteiger partial charge in [-0.15, -0.1) is 0 Å². The summed E-state index contributed by atoms with van der Waals surface area (Å²) in [5.74, 6) is -4.06. The number of nitrogens with one attached hydrogen (secondary N) is 6. The minimum Gasteiger partial charge on any atom is -0.370 e. The van der Waals surface area contributed by atoms with Crippen molar-refractivity contribution in [2.45, 2.75) is 109 Å². The standard InChI is InChI=1S/C33H55N11O7/c1-19(18-45)39-32(51)26(17-23-11-6-5-7-12-23)44-31(50)24(13-8-9-15-34)43-30(49)25(14-10-16-38-33(36)37)42-29(48)22(4)41-28(47)21(3)40-27(46)20(2)35/h5-7,11-12,18-22,24-26H,8-10,13-17,34-35H2,1-4H3,(H,39,51)(H,40,46)(H,41,47)(H,42,48)(H,43,49)(H,44,50)(H4,36,37,38)/t19-,20-,21-,22-,24-,25-,26-/m0/s1. The molecule has 1 aromatic rings. The zero-order valence-electron chi connectivity index (χ0n) is 29.8. The van der Waals surface area contributed by atoms with E-state index in [9.17, 15) is 33.6 Å². The van der Waals surface area contributed by atoms with Crippen LogP contribution in [0.1, 0.15) is 65.4 Å². The van der Waals surface area contributed by atoms with Crippen molar-refractivity contribution in [2.24, 2.45) is 27.9 Å². The van der Waals surface area contributed by atoms with E-state index in [1.165, 1.54) is 27.7 Å². The van der Waals surface area contributed by atoms with Gasteiger partial charge in [-0.3, -0.25) is 33.8 Å². The Hall–Kier alpha value is -5.10. The molecule has 0 aliphatic carbocycles. The van der Waals surface area contributed by atoms with Crippen molar-refractivity contribution < 1.29 is 33.6 Å². The summed E-state index contributed by atoms with van der Waals surface area (Å²) in [4.78, 5) is 93.3. The summed E-state index contributed by atoms with van der Waals surface area (Å²) in [6.45, 7) is 6.25. The summed E-state index contributed by atoms with van der Waals surface area (Å²) in [7, 11) is 0. The molecule has 0 radical (unpaired) electrons. The SMILES string of the molecule is C[C@H](N)C(=O)N[C@@H](C)C(=O)N[C@@H](C)C(=O)N[C@@H](CCCN=C(N)N)C(=O)N[C@@H](CCCCN)C(=O)N[C@@H](Cc1ccccc1)C(=O)N[C@@H](C)C=O. The number of carbonyl (C=O) groups excluding carboxylic acids is 7. The van der Waals surface area contributed by atoms with Crippen molar-refractivity contribution in [3.8, 4) is 0 Å². The van der Waals surface area contributed by atoms with Gasteiger partial charge in [0.05, 0.1) is 12.1 Å². The number of nitrogens with zero attached hydrogens (tertiary/aromatic N) is 1. The van der Waals surface area contributed by atoms with Crippen molar-refractivity contribution >= 4 is 47.7 Å². The van der Waals surface area contributed by atoms with Crippen LogP contribution in [0.4, 0.5) is 0 Å². The number of unbranched alkanes of at least 4 members (excludes halogenated alkanes) is 1. The Balaban J connectivity index is 3.21. The minimum absolute atomic E-state index is 0.0512. The molecule has 0 aliphatic heterocycles. The third-order valence-electron chi connectivity index (χ3n) is 7.57. The second kappa shape index (κ2) is 23.3. The Kier molecular flexibility index (Phi) is 20.1. The van der Waals surface area contributed by atoms with E-state index in [1.54, 1.807) is 30.3 Å². The first-order valence-electron chi connectivity index (χ1n) is 16.9. The van der Waals surface area contributed by atoms with Crippen molar-refractivity contribution in [3.63, 3.8) is 0 Å². The average molecular weight is 718 g/mol. The molecule has 284 valence electrons. The summed E-state index contributed by atoms with van der Waals surface area (Å²) in [5, 5.41) is 15.5. The summed E-state index contributed by atoms with van der Waals surface area (Å²) in [6.07, 6.45) is 2.13.